The van der Waals surface area contributed by atoms with E-state index in [9.17, 15) is 4.79 Å². The van der Waals surface area contributed by atoms with Gasteiger partial charge in [0, 0.05) is 11.7 Å². The minimum absolute atomic E-state index is 0.0354. The third-order valence-corrected chi connectivity index (χ3v) is 4.03. The fourth-order valence-corrected chi connectivity index (χ4v) is 2.67. The molecule has 2 unspecified atom stereocenters. The normalized spacial score (nSPS) is 20.3. The van der Waals surface area contributed by atoms with Crippen LogP contribution >= 0.6 is 0 Å². The number of carbonyl (C=O) groups is 1. The van der Waals surface area contributed by atoms with Gasteiger partial charge >= 0.3 is 0 Å². The van der Waals surface area contributed by atoms with Gasteiger partial charge in [-0.1, -0.05) is 29.8 Å². The van der Waals surface area contributed by atoms with Crippen molar-refractivity contribution >= 4 is 11.6 Å². The van der Waals surface area contributed by atoms with Crippen LogP contribution in [0.15, 0.2) is 48.5 Å². The summed E-state index contributed by atoms with van der Waals surface area (Å²) in [6.45, 7) is 2.02. The van der Waals surface area contributed by atoms with Crippen LogP contribution in [0.1, 0.15) is 23.6 Å². The smallest absolute Gasteiger partial charge is 0.242 e. The first-order chi connectivity index (χ1) is 11.2. The Morgan fingerprint density at radius 1 is 1.17 bits per heavy atom. The van der Waals surface area contributed by atoms with Gasteiger partial charge in [0.2, 0.25) is 5.91 Å². The Morgan fingerprint density at radius 2 is 1.96 bits per heavy atom. The molecule has 1 heterocycles. The first-order valence-electron chi connectivity index (χ1n) is 7.68. The number of carbonyl (C=O) groups excluding carboxylic acids is 1. The van der Waals surface area contributed by atoms with Crippen LogP contribution in [0.5, 0.6) is 5.75 Å². The fourth-order valence-electron chi connectivity index (χ4n) is 2.67. The Kier molecular flexibility index (Phi) is 4.60. The van der Waals surface area contributed by atoms with Crippen molar-refractivity contribution in [2.24, 2.45) is 0 Å². The average Bonchev–Trinajstić information content (AvgIpc) is 3.07. The number of rotatable bonds is 4. The van der Waals surface area contributed by atoms with Gasteiger partial charge in [0.25, 0.3) is 0 Å². The van der Waals surface area contributed by atoms with Gasteiger partial charge in [-0.2, -0.15) is 0 Å². The molecule has 120 valence electrons. The van der Waals surface area contributed by atoms with Gasteiger partial charge in [-0.25, -0.2) is 10.9 Å². The van der Waals surface area contributed by atoms with E-state index in [1.807, 2.05) is 55.5 Å². The van der Waals surface area contributed by atoms with Crippen molar-refractivity contribution in [2.75, 3.05) is 12.4 Å². The van der Waals surface area contributed by atoms with E-state index in [-0.39, 0.29) is 18.0 Å². The molecule has 1 aliphatic heterocycles. The van der Waals surface area contributed by atoms with E-state index in [1.165, 1.54) is 5.56 Å². The minimum atomic E-state index is -0.271. The van der Waals surface area contributed by atoms with Crippen LogP contribution in [0.3, 0.4) is 0 Å². The maximum absolute atomic E-state index is 12.4. The lowest BCUT2D eigenvalue weighted by molar-refractivity contribution is -0.117. The van der Waals surface area contributed by atoms with Gasteiger partial charge in [-0.05, 0) is 43.2 Å². The summed E-state index contributed by atoms with van der Waals surface area (Å²) in [6, 6.07) is 15.5. The van der Waals surface area contributed by atoms with Crippen LogP contribution in [0.2, 0.25) is 0 Å². The van der Waals surface area contributed by atoms with Gasteiger partial charge in [0.15, 0.2) is 0 Å². The third kappa shape index (κ3) is 3.70. The number of methoxy groups -OCH3 is 1. The molecular weight excluding hydrogens is 290 g/mol. The molecule has 3 rings (SSSR count). The molecule has 5 nitrogen and oxygen atoms in total. The van der Waals surface area contributed by atoms with Crippen molar-refractivity contribution in [3.63, 3.8) is 0 Å². The molecule has 2 atom stereocenters. The summed E-state index contributed by atoms with van der Waals surface area (Å²) in [7, 11) is 1.65. The second kappa shape index (κ2) is 6.81. The molecule has 1 saturated heterocycles. The van der Waals surface area contributed by atoms with Crippen LogP contribution < -0.4 is 20.9 Å². The monoisotopic (exact) mass is 311 g/mol. The van der Waals surface area contributed by atoms with Crippen molar-refractivity contribution in [2.45, 2.75) is 25.4 Å². The van der Waals surface area contributed by atoms with E-state index >= 15 is 0 Å². The van der Waals surface area contributed by atoms with Crippen LogP contribution in [0, 0.1) is 6.92 Å². The Hall–Kier alpha value is -2.37. The second-order valence-electron chi connectivity index (χ2n) is 5.76. The number of amides is 1. The maximum Gasteiger partial charge on any atom is 0.242 e. The molecule has 0 aromatic heterocycles. The zero-order chi connectivity index (χ0) is 16.2. The number of anilines is 1. The lowest BCUT2D eigenvalue weighted by atomic mass is 10.0. The molecule has 2 aromatic carbocycles. The number of hydrogen-bond acceptors (Lipinski definition) is 4. The predicted octanol–water partition coefficient (Wildman–Crippen LogP) is 2.55. The van der Waals surface area contributed by atoms with Gasteiger partial charge < -0.3 is 10.1 Å². The summed E-state index contributed by atoms with van der Waals surface area (Å²) in [5.74, 6) is 0.781. The number of aryl methyl sites for hydroxylation is 1. The zero-order valence-corrected chi connectivity index (χ0v) is 13.3. The molecule has 1 aliphatic rings. The fraction of sp³-hybridized carbons (Fsp3) is 0.278. The Bertz CT molecular complexity index is 685. The van der Waals surface area contributed by atoms with E-state index in [1.54, 1.807) is 7.11 Å². The standard InChI is InChI=1S/C18H21N3O2/c1-12-6-8-14(9-7-12)19-18(22)17-11-16(20-21-17)13-4-3-5-15(10-13)23-2/h3-10,16-17,20-21H,11H2,1-2H3,(H,19,22). The molecule has 5 heteroatoms. The molecule has 23 heavy (non-hydrogen) atoms. The van der Waals surface area contributed by atoms with Gasteiger partial charge in [-0.15, -0.1) is 0 Å². The highest BCUT2D eigenvalue weighted by atomic mass is 16.5. The quantitative estimate of drug-likeness (QED) is 0.812. The van der Waals surface area contributed by atoms with Gasteiger partial charge in [-0.3, -0.25) is 4.79 Å². The highest BCUT2D eigenvalue weighted by Crippen LogP contribution is 2.25. The molecule has 0 bridgehead atoms. The van der Waals surface area contributed by atoms with E-state index < -0.39 is 0 Å². The van der Waals surface area contributed by atoms with E-state index in [4.69, 9.17) is 4.74 Å². The van der Waals surface area contributed by atoms with Crippen molar-refractivity contribution in [3.8, 4) is 5.75 Å². The number of benzene rings is 2. The first-order valence-corrected chi connectivity index (χ1v) is 7.68. The van der Waals surface area contributed by atoms with E-state index in [0.29, 0.717) is 6.42 Å². The molecular formula is C18H21N3O2. The summed E-state index contributed by atoms with van der Waals surface area (Å²) in [4.78, 5) is 12.4. The summed E-state index contributed by atoms with van der Waals surface area (Å²) in [5.41, 5.74) is 9.33. The van der Waals surface area contributed by atoms with Crippen molar-refractivity contribution in [1.29, 1.82) is 0 Å². The predicted molar refractivity (Wildman–Crippen MR) is 90.2 cm³/mol. The van der Waals surface area contributed by atoms with Crippen molar-refractivity contribution in [3.05, 3.63) is 59.7 Å². The molecule has 0 radical (unpaired) electrons. The summed E-state index contributed by atoms with van der Waals surface area (Å²) in [5, 5.41) is 2.94. The van der Waals surface area contributed by atoms with Crippen LogP contribution in [-0.4, -0.2) is 19.1 Å². The summed E-state index contributed by atoms with van der Waals surface area (Å²) in [6.07, 6.45) is 0.685. The Morgan fingerprint density at radius 3 is 2.70 bits per heavy atom. The van der Waals surface area contributed by atoms with Gasteiger partial charge in [0.05, 0.1) is 7.11 Å². The maximum atomic E-state index is 12.4. The van der Waals surface area contributed by atoms with Crippen LogP contribution in [-0.2, 0) is 4.79 Å². The molecule has 1 amide bonds. The number of ether oxygens (including phenoxy) is 1. The lowest BCUT2D eigenvalue weighted by Gasteiger charge is -2.11. The van der Waals surface area contributed by atoms with E-state index in [2.05, 4.69) is 16.2 Å². The first kappa shape index (κ1) is 15.5. The molecule has 0 spiro atoms. The molecule has 0 saturated carbocycles. The largest absolute Gasteiger partial charge is 0.497 e. The molecule has 3 N–H and O–H groups in total. The van der Waals surface area contributed by atoms with Crippen LogP contribution in [0.25, 0.3) is 0 Å². The van der Waals surface area contributed by atoms with Crippen LogP contribution in [0.4, 0.5) is 5.69 Å². The molecule has 0 aliphatic carbocycles. The number of hydrazine groups is 1. The Balaban J connectivity index is 1.62. The van der Waals surface area contributed by atoms with E-state index in [0.717, 1.165) is 17.0 Å². The number of nitrogens with one attached hydrogen (secondary N) is 3. The lowest BCUT2D eigenvalue weighted by Crippen LogP contribution is -2.39. The SMILES string of the molecule is COc1cccc(C2CC(C(=O)Nc3ccc(C)cc3)NN2)c1. The summed E-state index contributed by atoms with van der Waals surface area (Å²) >= 11 is 0. The topological polar surface area (TPSA) is 62.4 Å². The zero-order valence-electron chi connectivity index (χ0n) is 13.3. The minimum Gasteiger partial charge on any atom is -0.497 e. The molecule has 1 fully saturated rings. The molecule has 2 aromatic rings. The second-order valence-corrected chi connectivity index (χ2v) is 5.76. The van der Waals surface area contributed by atoms with Crippen molar-refractivity contribution < 1.29 is 9.53 Å². The highest BCUT2D eigenvalue weighted by molar-refractivity contribution is 5.95. The highest BCUT2D eigenvalue weighted by Gasteiger charge is 2.30. The average molecular weight is 311 g/mol. The summed E-state index contributed by atoms with van der Waals surface area (Å²) < 4.78 is 5.25. The number of hydrogen-bond donors (Lipinski definition) is 3. The third-order valence-electron chi connectivity index (χ3n) is 4.03. The Labute approximate surface area is 136 Å². The van der Waals surface area contributed by atoms with Gasteiger partial charge in [0.1, 0.15) is 11.8 Å². The van der Waals surface area contributed by atoms with Crippen molar-refractivity contribution in [1.82, 2.24) is 10.9 Å².